The van der Waals surface area contributed by atoms with Gasteiger partial charge in [0.1, 0.15) is 12.4 Å². The van der Waals surface area contributed by atoms with Crippen LogP contribution in [0.2, 0.25) is 0 Å². The lowest BCUT2D eigenvalue weighted by Crippen LogP contribution is -2.39. The number of benzene rings is 2. The maximum absolute atomic E-state index is 12.5. The number of aryl methyl sites for hydroxylation is 1. The van der Waals surface area contributed by atoms with E-state index in [-0.39, 0.29) is 11.0 Å². The number of nitrogens with one attached hydrogen (secondary N) is 2. The molecule has 6 heteroatoms. The normalized spacial score (nSPS) is 10.2. The van der Waals surface area contributed by atoms with Crippen LogP contribution >= 0.6 is 12.2 Å². The second kappa shape index (κ2) is 10.5. The molecule has 0 heterocycles. The standard InChI is InChI=1S/C20H24N2O3S/c1-3-24-12-13-25-18-7-5-4-6-17(18)19(23)22-20(26)21-14-16-10-8-15(2)9-11-16/h4-11H,3,12-14H2,1-2H3,(H2,21,22,23,26). The zero-order valence-electron chi connectivity index (χ0n) is 15.1. The Morgan fingerprint density at radius 2 is 1.81 bits per heavy atom. The summed E-state index contributed by atoms with van der Waals surface area (Å²) < 4.78 is 10.9. The summed E-state index contributed by atoms with van der Waals surface area (Å²) in [6.45, 7) is 6.00. The molecule has 1 amide bonds. The van der Waals surface area contributed by atoms with Crippen molar-refractivity contribution in [3.63, 3.8) is 0 Å². The molecule has 5 nitrogen and oxygen atoms in total. The SMILES string of the molecule is CCOCCOc1ccccc1C(=O)NC(=S)NCc1ccc(C)cc1. The van der Waals surface area contributed by atoms with Gasteiger partial charge in [0.05, 0.1) is 12.2 Å². The van der Waals surface area contributed by atoms with Gasteiger partial charge in [-0.05, 0) is 43.8 Å². The Hall–Kier alpha value is -2.44. The Labute approximate surface area is 159 Å². The second-order valence-electron chi connectivity index (χ2n) is 5.66. The van der Waals surface area contributed by atoms with Gasteiger partial charge in [-0.25, -0.2) is 0 Å². The first kappa shape index (κ1) is 19.9. The summed E-state index contributed by atoms with van der Waals surface area (Å²) in [6.07, 6.45) is 0. The van der Waals surface area contributed by atoms with Gasteiger partial charge >= 0.3 is 0 Å². The van der Waals surface area contributed by atoms with Gasteiger partial charge in [-0.3, -0.25) is 10.1 Å². The molecule has 0 aliphatic carbocycles. The van der Waals surface area contributed by atoms with E-state index in [2.05, 4.69) is 10.6 Å². The Morgan fingerprint density at radius 3 is 2.54 bits per heavy atom. The molecule has 0 bridgehead atoms. The van der Waals surface area contributed by atoms with Crippen molar-refractivity contribution in [2.75, 3.05) is 19.8 Å². The largest absolute Gasteiger partial charge is 0.490 e. The number of rotatable bonds is 8. The lowest BCUT2D eigenvalue weighted by atomic mass is 10.1. The fraction of sp³-hybridized carbons (Fsp3) is 0.300. The summed E-state index contributed by atoms with van der Waals surface area (Å²) in [4.78, 5) is 12.5. The summed E-state index contributed by atoms with van der Waals surface area (Å²) in [5.41, 5.74) is 2.72. The van der Waals surface area contributed by atoms with Gasteiger partial charge in [-0.2, -0.15) is 0 Å². The molecule has 2 aromatic carbocycles. The zero-order chi connectivity index (χ0) is 18.8. The smallest absolute Gasteiger partial charge is 0.261 e. The molecule has 0 radical (unpaired) electrons. The number of amides is 1. The van der Waals surface area contributed by atoms with E-state index in [4.69, 9.17) is 21.7 Å². The van der Waals surface area contributed by atoms with E-state index in [9.17, 15) is 4.79 Å². The number of hydrogen-bond acceptors (Lipinski definition) is 4. The Bertz CT molecular complexity index is 732. The molecule has 0 saturated heterocycles. The topological polar surface area (TPSA) is 59.6 Å². The minimum absolute atomic E-state index is 0.277. The molecule has 0 saturated carbocycles. The molecule has 0 aliphatic heterocycles. The van der Waals surface area contributed by atoms with Crippen LogP contribution in [0.25, 0.3) is 0 Å². The van der Waals surface area contributed by atoms with Crippen LogP contribution in [-0.4, -0.2) is 30.8 Å². The molecule has 2 aromatic rings. The van der Waals surface area contributed by atoms with Crippen LogP contribution in [0.3, 0.4) is 0 Å². The van der Waals surface area contributed by atoms with Gasteiger partial charge < -0.3 is 14.8 Å². The first-order chi connectivity index (χ1) is 12.6. The van der Waals surface area contributed by atoms with Crippen molar-refractivity contribution in [2.24, 2.45) is 0 Å². The predicted octanol–water partition coefficient (Wildman–Crippen LogP) is 3.21. The molecule has 26 heavy (non-hydrogen) atoms. The van der Waals surface area contributed by atoms with Crippen molar-refractivity contribution in [3.05, 3.63) is 65.2 Å². The van der Waals surface area contributed by atoms with Crippen molar-refractivity contribution in [1.29, 1.82) is 0 Å². The molecular formula is C20H24N2O3S. The van der Waals surface area contributed by atoms with E-state index in [1.54, 1.807) is 18.2 Å². The van der Waals surface area contributed by atoms with Gasteiger partial charge in [-0.15, -0.1) is 0 Å². The van der Waals surface area contributed by atoms with E-state index in [1.165, 1.54) is 5.56 Å². The molecule has 0 spiro atoms. The Kier molecular flexibility index (Phi) is 8.05. The Balaban J connectivity index is 1.88. The average Bonchev–Trinajstić information content (AvgIpc) is 2.65. The molecule has 138 valence electrons. The van der Waals surface area contributed by atoms with Gasteiger partial charge in [0.15, 0.2) is 5.11 Å². The molecule has 2 N–H and O–H groups in total. The second-order valence-corrected chi connectivity index (χ2v) is 6.07. The summed E-state index contributed by atoms with van der Waals surface area (Å²) in [7, 11) is 0. The molecular weight excluding hydrogens is 348 g/mol. The number of para-hydroxylation sites is 1. The first-order valence-corrected chi connectivity index (χ1v) is 8.95. The lowest BCUT2D eigenvalue weighted by molar-refractivity contribution is 0.0957. The Morgan fingerprint density at radius 1 is 1.08 bits per heavy atom. The third-order valence-electron chi connectivity index (χ3n) is 3.62. The first-order valence-electron chi connectivity index (χ1n) is 8.54. The maximum Gasteiger partial charge on any atom is 0.261 e. The van der Waals surface area contributed by atoms with Gasteiger partial charge in [0, 0.05) is 13.2 Å². The summed E-state index contributed by atoms with van der Waals surface area (Å²) in [5, 5.41) is 6.00. The highest BCUT2D eigenvalue weighted by atomic mass is 32.1. The van der Waals surface area contributed by atoms with Gasteiger partial charge in [0.25, 0.3) is 5.91 Å². The third kappa shape index (κ3) is 6.46. The van der Waals surface area contributed by atoms with Crippen LogP contribution in [0, 0.1) is 6.92 Å². The van der Waals surface area contributed by atoms with Gasteiger partial charge in [0.2, 0.25) is 0 Å². The van der Waals surface area contributed by atoms with Crippen LogP contribution in [0.15, 0.2) is 48.5 Å². The fourth-order valence-corrected chi connectivity index (χ4v) is 2.40. The van der Waals surface area contributed by atoms with Crippen LogP contribution in [0.1, 0.15) is 28.4 Å². The van der Waals surface area contributed by atoms with Crippen molar-refractivity contribution in [3.8, 4) is 5.75 Å². The van der Waals surface area contributed by atoms with Crippen LogP contribution < -0.4 is 15.4 Å². The van der Waals surface area contributed by atoms with Crippen molar-refractivity contribution in [1.82, 2.24) is 10.6 Å². The van der Waals surface area contributed by atoms with E-state index in [0.717, 1.165) is 5.56 Å². The van der Waals surface area contributed by atoms with Gasteiger partial charge in [-0.1, -0.05) is 42.0 Å². The van der Waals surface area contributed by atoms with E-state index in [1.807, 2.05) is 44.2 Å². The van der Waals surface area contributed by atoms with Crippen LogP contribution in [0.5, 0.6) is 5.75 Å². The third-order valence-corrected chi connectivity index (χ3v) is 3.87. The minimum atomic E-state index is -0.307. The monoisotopic (exact) mass is 372 g/mol. The quantitative estimate of drug-likeness (QED) is 0.550. The number of carbonyl (C=O) groups excluding carboxylic acids is 1. The minimum Gasteiger partial charge on any atom is -0.490 e. The number of hydrogen-bond donors (Lipinski definition) is 2. The van der Waals surface area contributed by atoms with Crippen molar-refractivity contribution < 1.29 is 14.3 Å². The predicted molar refractivity (Wildman–Crippen MR) is 107 cm³/mol. The van der Waals surface area contributed by atoms with E-state index >= 15 is 0 Å². The number of carbonyl (C=O) groups is 1. The average molecular weight is 372 g/mol. The molecule has 0 unspecified atom stereocenters. The highest BCUT2D eigenvalue weighted by molar-refractivity contribution is 7.80. The van der Waals surface area contributed by atoms with Crippen molar-refractivity contribution in [2.45, 2.75) is 20.4 Å². The van der Waals surface area contributed by atoms with Crippen molar-refractivity contribution >= 4 is 23.2 Å². The summed E-state index contributed by atoms with van der Waals surface area (Å²) in [6, 6.07) is 15.2. The zero-order valence-corrected chi connectivity index (χ0v) is 15.9. The summed E-state index contributed by atoms with van der Waals surface area (Å²) in [5.74, 6) is 0.199. The van der Waals surface area contributed by atoms with Crippen LogP contribution in [-0.2, 0) is 11.3 Å². The number of ether oxygens (including phenoxy) is 2. The summed E-state index contributed by atoms with van der Waals surface area (Å²) >= 11 is 5.22. The fourth-order valence-electron chi connectivity index (χ4n) is 2.24. The molecule has 0 aliphatic rings. The molecule has 2 rings (SSSR count). The van der Waals surface area contributed by atoms with E-state index in [0.29, 0.717) is 37.7 Å². The van der Waals surface area contributed by atoms with Crippen LogP contribution in [0.4, 0.5) is 0 Å². The highest BCUT2D eigenvalue weighted by Gasteiger charge is 2.13. The number of thiocarbonyl (C=S) groups is 1. The maximum atomic E-state index is 12.5. The molecule has 0 atom stereocenters. The highest BCUT2D eigenvalue weighted by Crippen LogP contribution is 2.17. The lowest BCUT2D eigenvalue weighted by Gasteiger charge is -2.13. The van der Waals surface area contributed by atoms with E-state index < -0.39 is 0 Å². The molecule has 0 fully saturated rings. The molecule has 0 aromatic heterocycles.